The molecule has 0 aliphatic heterocycles. The van der Waals surface area contributed by atoms with Crippen molar-refractivity contribution in [2.75, 3.05) is 6.61 Å². The lowest BCUT2D eigenvalue weighted by Crippen LogP contribution is -2.68. The fourth-order valence-electron chi connectivity index (χ4n) is 1.63. The van der Waals surface area contributed by atoms with Crippen LogP contribution in [0.2, 0.25) is 0 Å². The molecular weight excluding hydrogens is 500 g/mol. The molecule has 2 atom stereocenters. The predicted octanol–water partition coefficient (Wildman–Crippen LogP) is 5.24. The molecule has 14 heteroatoms. The molecule has 2 unspecified atom stereocenters. The summed E-state index contributed by atoms with van der Waals surface area (Å²) in [7, 11) is 0. The van der Waals surface area contributed by atoms with E-state index in [-0.39, 0.29) is 0 Å². The van der Waals surface area contributed by atoms with Crippen molar-refractivity contribution in [2.45, 2.75) is 53.6 Å². The number of ether oxygens (including phenoxy) is 1. The van der Waals surface area contributed by atoms with Crippen LogP contribution in [0.5, 0.6) is 0 Å². The van der Waals surface area contributed by atoms with Crippen LogP contribution >= 0.6 is 22.6 Å². The smallest absolute Gasteiger partial charge is 0.460 e. The monoisotopic (exact) mass is 510 g/mol. The molecule has 0 N–H and O–H groups in total. The van der Waals surface area contributed by atoms with Crippen LogP contribution in [-0.4, -0.2) is 45.9 Å². The maximum Gasteiger partial charge on any atom is 0.460 e. The van der Waals surface area contributed by atoms with Crippen LogP contribution in [0, 0.1) is 0 Å². The van der Waals surface area contributed by atoms with Crippen molar-refractivity contribution in [1.29, 1.82) is 0 Å². The van der Waals surface area contributed by atoms with E-state index in [9.17, 15) is 53.1 Å². The number of hydrogen-bond acceptors (Lipinski definition) is 2. The SMILES string of the molecule is CCOC(=O)C(C)(I)CC(F)(C(F)(F)F)C(F)(F)C(F)(F)C(F)(F)F. The Morgan fingerprint density at radius 1 is 0.840 bits per heavy atom. The highest BCUT2D eigenvalue weighted by Gasteiger charge is 2.87. The van der Waals surface area contributed by atoms with Gasteiger partial charge in [0, 0.05) is 6.42 Å². The van der Waals surface area contributed by atoms with Crippen molar-refractivity contribution in [3.63, 3.8) is 0 Å². The van der Waals surface area contributed by atoms with Crippen molar-refractivity contribution in [3.8, 4) is 0 Å². The first-order chi connectivity index (χ1) is 10.7. The largest absolute Gasteiger partial charge is 0.465 e. The first kappa shape index (κ1) is 24.4. The lowest BCUT2D eigenvalue weighted by atomic mass is 9.83. The molecule has 0 bridgehead atoms. The van der Waals surface area contributed by atoms with Gasteiger partial charge in [0.05, 0.1) is 6.61 Å². The Kier molecular flexibility index (Phi) is 6.71. The number of hydrogen-bond donors (Lipinski definition) is 0. The minimum absolute atomic E-state index is 0.424. The fraction of sp³-hybridized carbons (Fsp3) is 0.909. The minimum atomic E-state index is -7.36. The third-order valence-corrected chi connectivity index (χ3v) is 3.80. The van der Waals surface area contributed by atoms with E-state index in [2.05, 4.69) is 4.74 Å². The van der Waals surface area contributed by atoms with Gasteiger partial charge < -0.3 is 4.74 Å². The highest BCUT2D eigenvalue weighted by Crippen LogP contribution is 2.59. The molecule has 0 fully saturated rings. The molecule has 0 spiro atoms. The number of carbonyl (C=O) groups is 1. The number of esters is 1. The van der Waals surface area contributed by atoms with Crippen LogP contribution in [0.25, 0.3) is 0 Å². The summed E-state index contributed by atoms with van der Waals surface area (Å²) in [5, 5.41) is 0. The summed E-state index contributed by atoms with van der Waals surface area (Å²) < 4.78 is 143. The molecule has 0 aromatic heterocycles. The van der Waals surface area contributed by atoms with Crippen LogP contribution in [0.3, 0.4) is 0 Å². The van der Waals surface area contributed by atoms with E-state index in [0.29, 0.717) is 29.5 Å². The average Bonchev–Trinajstić information content (AvgIpc) is 2.35. The third-order valence-electron chi connectivity index (χ3n) is 2.97. The predicted molar refractivity (Wildman–Crippen MR) is 69.5 cm³/mol. The molecule has 0 saturated heterocycles. The molecular formula is C11H10F11IO2. The molecule has 0 radical (unpaired) electrons. The van der Waals surface area contributed by atoms with Gasteiger partial charge in [-0.1, -0.05) is 22.6 Å². The summed E-state index contributed by atoms with van der Waals surface area (Å²) in [6, 6.07) is 0. The van der Waals surface area contributed by atoms with Crippen molar-refractivity contribution >= 4 is 28.6 Å². The average molecular weight is 510 g/mol. The van der Waals surface area contributed by atoms with Gasteiger partial charge in [-0.05, 0) is 13.8 Å². The van der Waals surface area contributed by atoms with Gasteiger partial charge in [0.25, 0.3) is 5.67 Å². The first-order valence-electron chi connectivity index (χ1n) is 6.13. The number of rotatable bonds is 6. The van der Waals surface area contributed by atoms with Crippen LogP contribution < -0.4 is 0 Å². The molecule has 150 valence electrons. The highest BCUT2D eigenvalue weighted by atomic mass is 127. The second kappa shape index (κ2) is 6.87. The zero-order chi connectivity index (χ0) is 20.7. The zero-order valence-corrected chi connectivity index (χ0v) is 14.4. The Labute approximate surface area is 147 Å². The summed E-state index contributed by atoms with van der Waals surface area (Å²) >= 11 is 0.705. The summed E-state index contributed by atoms with van der Waals surface area (Å²) in [6.45, 7) is 1.08. The zero-order valence-electron chi connectivity index (χ0n) is 12.3. The maximum atomic E-state index is 14.1. The van der Waals surface area contributed by atoms with Crippen molar-refractivity contribution in [3.05, 3.63) is 0 Å². The van der Waals surface area contributed by atoms with Crippen molar-refractivity contribution < 1.29 is 57.8 Å². The Bertz CT molecular complexity index is 497. The lowest BCUT2D eigenvalue weighted by molar-refractivity contribution is -0.412. The van der Waals surface area contributed by atoms with Gasteiger partial charge in [-0.15, -0.1) is 0 Å². The van der Waals surface area contributed by atoms with E-state index >= 15 is 0 Å². The fourth-order valence-corrected chi connectivity index (χ4v) is 2.31. The van der Waals surface area contributed by atoms with Crippen LogP contribution in [-0.2, 0) is 9.53 Å². The second-order valence-corrected chi connectivity index (χ2v) is 7.42. The molecule has 25 heavy (non-hydrogen) atoms. The molecule has 0 amide bonds. The molecule has 0 aromatic carbocycles. The Morgan fingerprint density at radius 3 is 1.52 bits per heavy atom. The molecule has 0 aliphatic rings. The number of halogens is 12. The van der Waals surface area contributed by atoms with Gasteiger partial charge in [-0.2, -0.15) is 43.9 Å². The van der Waals surface area contributed by atoms with Crippen molar-refractivity contribution in [2.24, 2.45) is 0 Å². The van der Waals surface area contributed by atoms with Gasteiger partial charge in [-0.3, -0.25) is 4.79 Å². The topological polar surface area (TPSA) is 26.3 Å². The van der Waals surface area contributed by atoms with E-state index in [0.717, 1.165) is 6.92 Å². The molecule has 0 aliphatic carbocycles. The standard InChI is InChI=1S/C11H10F11IO2/c1-3-25-5(24)6(2,23)4-7(12,10(17,18)19)8(13,14)9(15,16)11(20,21)22/h3-4H2,1-2H3. The van der Waals surface area contributed by atoms with Gasteiger partial charge in [0.15, 0.2) is 0 Å². The summed E-state index contributed by atoms with van der Waals surface area (Å²) in [5.74, 6) is -16.3. The van der Waals surface area contributed by atoms with Crippen LogP contribution in [0.4, 0.5) is 48.3 Å². The van der Waals surface area contributed by atoms with Gasteiger partial charge in [0.1, 0.15) is 3.42 Å². The number of carbonyl (C=O) groups excluding carboxylic acids is 1. The van der Waals surface area contributed by atoms with Gasteiger partial charge in [-0.25, -0.2) is 4.39 Å². The van der Waals surface area contributed by atoms with E-state index in [4.69, 9.17) is 0 Å². The number of alkyl halides is 12. The van der Waals surface area contributed by atoms with Gasteiger partial charge >= 0.3 is 30.2 Å². The second-order valence-electron chi connectivity index (χ2n) is 5.04. The third kappa shape index (κ3) is 4.23. The Hall–Kier alpha value is -0.570. The highest BCUT2D eigenvalue weighted by molar-refractivity contribution is 14.1. The van der Waals surface area contributed by atoms with Crippen LogP contribution in [0.1, 0.15) is 20.3 Å². The summed E-state index contributed by atoms with van der Waals surface area (Å²) in [5.41, 5.74) is -6.37. The first-order valence-corrected chi connectivity index (χ1v) is 7.21. The Balaban J connectivity index is 6.32. The quantitative estimate of drug-likeness (QED) is 0.212. The molecule has 0 heterocycles. The van der Waals surface area contributed by atoms with E-state index < -0.39 is 52.3 Å². The molecule has 0 rings (SSSR count). The van der Waals surface area contributed by atoms with Gasteiger partial charge in [0.2, 0.25) is 0 Å². The molecule has 2 nitrogen and oxygen atoms in total. The van der Waals surface area contributed by atoms with Crippen molar-refractivity contribution in [1.82, 2.24) is 0 Å². The maximum absolute atomic E-state index is 14.1. The molecule has 0 aromatic rings. The Morgan fingerprint density at radius 2 is 1.24 bits per heavy atom. The lowest BCUT2D eigenvalue weighted by Gasteiger charge is -2.41. The summed E-state index contributed by atoms with van der Waals surface area (Å²) in [6.07, 6.45) is -16.8. The van der Waals surface area contributed by atoms with Crippen LogP contribution in [0.15, 0.2) is 0 Å². The minimum Gasteiger partial charge on any atom is -0.465 e. The van der Waals surface area contributed by atoms with E-state index in [1.807, 2.05) is 0 Å². The summed E-state index contributed by atoms with van der Waals surface area (Å²) in [4.78, 5) is 11.4. The van der Waals surface area contributed by atoms with E-state index in [1.54, 1.807) is 0 Å². The normalized spacial score (nSPS) is 19.1. The van der Waals surface area contributed by atoms with E-state index in [1.165, 1.54) is 0 Å². The molecule has 0 saturated carbocycles.